The van der Waals surface area contributed by atoms with Crippen molar-refractivity contribution >= 4 is 22.6 Å². The molecule has 2 heterocycles. The summed E-state index contributed by atoms with van der Waals surface area (Å²) in [6, 6.07) is 0.568. The number of aromatic nitrogens is 2. The minimum absolute atomic E-state index is 0.399. The van der Waals surface area contributed by atoms with E-state index >= 15 is 0 Å². The largest absolute Gasteiger partial charge is 0.367 e. The Bertz CT molecular complexity index is 312. The molecule has 1 saturated heterocycles. The summed E-state index contributed by atoms with van der Waals surface area (Å²) in [6.07, 6.45) is 2.55. The smallest absolute Gasteiger partial charge is 0.233 e. The molecule has 0 spiro atoms. The molecule has 2 rings (SSSR count). The molecule has 14 heavy (non-hydrogen) atoms. The van der Waals surface area contributed by atoms with Crippen molar-refractivity contribution in [1.82, 2.24) is 9.36 Å². The second-order valence-electron chi connectivity index (χ2n) is 4.12. The number of piperidine rings is 1. The maximum atomic E-state index is 5.53. The molecule has 1 aliphatic heterocycles. The maximum absolute atomic E-state index is 5.53. The highest BCUT2D eigenvalue weighted by Gasteiger charge is 2.25. The second kappa shape index (κ2) is 3.73. The summed E-state index contributed by atoms with van der Waals surface area (Å²) in [7, 11) is 0. The Labute approximate surface area is 88.3 Å². The van der Waals surface area contributed by atoms with Gasteiger partial charge in [0.15, 0.2) is 0 Å². The van der Waals surface area contributed by atoms with Gasteiger partial charge in [-0.1, -0.05) is 6.92 Å². The van der Waals surface area contributed by atoms with Crippen LogP contribution in [0.15, 0.2) is 0 Å². The number of anilines is 2. The monoisotopic (exact) mass is 212 g/mol. The van der Waals surface area contributed by atoms with Crippen molar-refractivity contribution in [3.8, 4) is 0 Å². The van der Waals surface area contributed by atoms with Crippen molar-refractivity contribution in [2.75, 3.05) is 17.2 Å². The van der Waals surface area contributed by atoms with Crippen molar-refractivity contribution in [2.45, 2.75) is 32.7 Å². The minimum atomic E-state index is 0.399. The fourth-order valence-electron chi connectivity index (χ4n) is 1.90. The van der Waals surface area contributed by atoms with Crippen molar-refractivity contribution in [2.24, 2.45) is 5.92 Å². The van der Waals surface area contributed by atoms with E-state index in [2.05, 4.69) is 28.1 Å². The maximum Gasteiger partial charge on any atom is 0.233 e. The number of nitrogens with zero attached hydrogens (tertiary/aromatic N) is 3. The molecular formula is C9H16N4S. The van der Waals surface area contributed by atoms with Crippen LogP contribution in [0.3, 0.4) is 0 Å². The molecule has 1 fully saturated rings. The van der Waals surface area contributed by atoms with Crippen LogP contribution in [0.1, 0.15) is 26.7 Å². The van der Waals surface area contributed by atoms with E-state index in [-0.39, 0.29) is 0 Å². The summed E-state index contributed by atoms with van der Waals surface area (Å²) in [6.45, 7) is 5.60. The summed E-state index contributed by atoms with van der Waals surface area (Å²) in [5.41, 5.74) is 5.53. The molecule has 1 aliphatic rings. The predicted octanol–water partition coefficient (Wildman–Crippen LogP) is 1.75. The summed E-state index contributed by atoms with van der Waals surface area (Å²) in [4.78, 5) is 6.55. The van der Waals surface area contributed by atoms with Crippen LogP contribution >= 0.6 is 11.5 Å². The fourth-order valence-corrected chi connectivity index (χ4v) is 2.61. The third kappa shape index (κ3) is 1.82. The average molecular weight is 212 g/mol. The van der Waals surface area contributed by atoms with E-state index in [9.17, 15) is 0 Å². The van der Waals surface area contributed by atoms with Gasteiger partial charge in [0, 0.05) is 24.1 Å². The van der Waals surface area contributed by atoms with Gasteiger partial charge in [-0.25, -0.2) is 0 Å². The molecule has 0 bridgehead atoms. The first-order valence-electron chi connectivity index (χ1n) is 5.02. The van der Waals surface area contributed by atoms with Crippen LogP contribution in [0.4, 0.5) is 11.1 Å². The first kappa shape index (κ1) is 9.71. The van der Waals surface area contributed by atoms with E-state index in [4.69, 9.17) is 5.73 Å². The normalized spacial score (nSPS) is 28.0. The molecular weight excluding hydrogens is 196 g/mol. The molecule has 0 amide bonds. The van der Waals surface area contributed by atoms with Gasteiger partial charge in [-0.2, -0.15) is 9.36 Å². The Morgan fingerprint density at radius 3 is 2.86 bits per heavy atom. The molecule has 0 saturated carbocycles. The lowest BCUT2D eigenvalue weighted by Crippen LogP contribution is -2.41. The van der Waals surface area contributed by atoms with E-state index in [1.165, 1.54) is 24.4 Å². The van der Waals surface area contributed by atoms with Gasteiger partial charge in [-0.3, -0.25) is 0 Å². The van der Waals surface area contributed by atoms with Crippen LogP contribution in [-0.2, 0) is 0 Å². The highest BCUT2D eigenvalue weighted by atomic mass is 32.1. The lowest BCUT2D eigenvalue weighted by molar-refractivity contribution is 0.390. The Kier molecular flexibility index (Phi) is 2.58. The molecule has 1 aromatic rings. The summed E-state index contributed by atoms with van der Waals surface area (Å²) in [5.74, 6) is 1.15. The molecule has 78 valence electrons. The summed E-state index contributed by atoms with van der Waals surface area (Å²) < 4.78 is 4.02. The molecule has 1 aromatic heterocycles. The topological polar surface area (TPSA) is 55.0 Å². The van der Waals surface area contributed by atoms with E-state index in [0.717, 1.165) is 17.6 Å². The van der Waals surface area contributed by atoms with E-state index in [1.807, 2.05) is 0 Å². The summed E-state index contributed by atoms with van der Waals surface area (Å²) in [5, 5.41) is 0.974. The van der Waals surface area contributed by atoms with Gasteiger partial charge in [-0.15, -0.1) is 0 Å². The molecule has 0 aliphatic carbocycles. The molecule has 2 atom stereocenters. The van der Waals surface area contributed by atoms with Crippen LogP contribution < -0.4 is 10.6 Å². The highest BCUT2D eigenvalue weighted by Crippen LogP contribution is 2.28. The van der Waals surface area contributed by atoms with Gasteiger partial charge in [-0.05, 0) is 25.7 Å². The van der Waals surface area contributed by atoms with Crippen molar-refractivity contribution in [3.05, 3.63) is 0 Å². The van der Waals surface area contributed by atoms with Crippen LogP contribution in [0, 0.1) is 5.92 Å². The molecule has 0 radical (unpaired) electrons. The molecule has 0 aromatic carbocycles. The van der Waals surface area contributed by atoms with Crippen molar-refractivity contribution in [1.29, 1.82) is 0 Å². The van der Waals surface area contributed by atoms with E-state index in [0.29, 0.717) is 12.0 Å². The molecule has 5 heteroatoms. The van der Waals surface area contributed by atoms with Crippen LogP contribution in [0.2, 0.25) is 0 Å². The standard InChI is InChI=1S/C9H16N4S/c1-6-3-4-7(2)13(5-6)9-11-8(10)12-14-9/h6-7H,3-5H2,1-2H3,(H2,10,12). The lowest BCUT2D eigenvalue weighted by Gasteiger charge is -2.36. The molecule has 2 N–H and O–H groups in total. The van der Waals surface area contributed by atoms with Gasteiger partial charge in [0.2, 0.25) is 11.1 Å². The van der Waals surface area contributed by atoms with E-state index < -0.39 is 0 Å². The van der Waals surface area contributed by atoms with Gasteiger partial charge in [0.1, 0.15) is 0 Å². The lowest BCUT2D eigenvalue weighted by atomic mass is 9.96. The number of rotatable bonds is 1. The first-order valence-corrected chi connectivity index (χ1v) is 5.80. The molecule has 4 nitrogen and oxygen atoms in total. The predicted molar refractivity (Wildman–Crippen MR) is 59.5 cm³/mol. The van der Waals surface area contributed by atoms with Crippen molar-refractivity contribution in [3.63, 3.8) is 0 Å². The number of hydrogen-bond donors (Lipinski definition) is 1. The third-order valence-corrected chi connectivity index (χ3v) is 3.56. The zero-order valence-corrected chi connectivity index (χ0v) is 9.42. The van der Waals surface area contributed by atoms with E-state index in [1.54, 1.807) is 0 Å². The minimum Gasteiger partial charge on any atom is -0.367 e. The quantitative estimate of drug-likeness (QED) is 0.770. The first-order chi connectivity index (χ1) is 6.66. The zero-order chi connectivity index (χ0) is 10.1. The Hall–Kier alpha value is -0.840. The highest BCUT2D eigenvalue weighted by molar-refractivity contribution is 7.09. The Balaban J connectivity index is 2.15. The van der Waals surface area contributed by atoms with Crippen LogP contribution in [-0.4, -0.2) is 21.9 Å². The van der Waals surface area contributed by atoms with Gasteiger partial charge in [0.05, 0.1) is 0 Å². The molecule has 2 unspecified atom stereocenters. The van der Waals surface area contributed by atoms with Gasteiger partial charge >= 0.3 is 0 Å². The number of nitrogens with two attached hydrogens (primary N) is 1. The average Bonchev–Trinajstić information content (AvgIpc) is 2.56. The second-order valence-corrected chi connectivity index (χ2v) is 4.85. The zero-order valence-electron chi connectivity index (χ0n) is 8.60. The Morgan fingerprint density at radius 1 is 1.43 bits per heavy atom. The number of nitrogen functional groups attached to an aromatic ring is 1. The summed E-state index contributed by atoms with van der Waals surface area (Å²) >= 11 is 1.40. The van der Waals surface area contributed by atoms with Crippen LogP contribution in [0.5, 0.6) is 0 Å². The van der Waals surface area contributed by atoms with Crippen molar-refractivity contribution < 1.29 is 0 Å². The fraction of sp³-hybridized carbons (Fsp3) is 0.778. The van der Waals surface area contributed by atoms with Gasteiger partial charge < -0.3 is 10.6 Å². The SMILES string of the molecule is CC1CCC(C)N(c2nc(N)ns2)C1. The van der Waals surface area contributed by atoms with Gasteiger partial charge in [0.25, 0.3) is 0 Å². The third-order valence-electron chi connectivity index (χ3n) is 2.79. The van der Waals surface area contributed by atoms with Crippen LogP contribution in [0.25, 0.3) is 0 Å². The Morgan fingerprint density at radius 2 is 2.21 bits per heavy atom. The number of hydrogen-bond acceptors (Lipinski definition) is 5.